The highest BCUT2D eigenvalue weighted by molar-refractivity contribution is 5.89. The number of nitrogens with one attached hydrogen (secondary N) is 2. The van der Waals surface area contributed by atoms with Crippen molar-refractivity contribution in [3.8, 4) is 17.6 Å². The third kappa shape index (κ3) is 6.21. The van der Waals surface area contributed by atoms with Gasteiger partial charge in [-0.05, 0) is 75.2 Å². The topological polar surface area (TPSA) is 97.6 Å². The van der Waals surface area contributed by atoms with Gasteiger partial charge >= 0.3 is 6.03 Å². The maximum Gasteiger partial charge on any atom is 0.319 e. The minimum atomic E-state index is -0.243. The Labute approximate surface area is 177 Å². The average molecular weight is 409 g/mol. The number of ether oxygens (including phenoxy) is 1. The molecule has 1 heterocycles. The van der Waals surface area contributed by atoms with E-state index < -0.39 is 0 Å². The molecule has 0 aliphatic carbocycles. The van der Waals surface area contributed by atoms with Crippen molar-refractivity contribution in [2.24, 2.45) is 0 Å². The molecular formula is C23H28N4O3. The van der Waals surface area contributed by atoms with Crippen LogP contribution in [0.4, 0.5) is 10.5 Å². The van der Waals surface area contributed by atoms with Crippen molar-refractivity contribution < 1.29 is 14.6 Å². The molecule has 158 valence electrons. The van der Waals surface area contributed by atoms with Crippen LogP contribution in [0, 0.1) is 11.3 Å². The number of benzene rings is 2. The number of likely N-dealkylation sites (tertiary alicyclic amines) is 1. The summed E-state index contributed by atoms with van der Waals surface area (Å²) in [6.07, 6.45) is 4.12. The van der Waals surface area contributed by atoms with Crippen molar-refractivity contribution in [1.29, 1.82) is 5.26 Å². The molecule has 2 aromatic rings. The number of amides is 2. The summed E-state index contributed by atoms with van der Waals surface area (Å²) in [4.78, 5) is 14.4. The van der Waals surface area contributed by atoms with Gasteiger partial charge in [-0.15, -0.1) is 0 Å². The Balaban J connectivity index is 1.37. The second-order valence-corrected chi connectivity index (χ2v) is 7.34. The molecule has 0 spiro atoms. The zero-order valence-electron chi connectivity index (χ0n) is 17.0. The molecule has 1 saturated heterocycles. The number of rotatable bonds is 9. The molecule has 1 atom stereocenters. The third-order valence-corrected chi connectivity index (χ3v) is 5.21. The molecule has 7 heteroatoms. The quantitative estimate of drug-likeness (QED) is 0.550. The average Bonchev–Trinajstić information content (AvgIpc) is 3.23. The van der Waals surface area contributed by atoms with Crippen molar-refractivity contribution in [3.05, 3.63) is 54.1 Å². The van der Waals surface area contributed by atoms with Gasteiger partial charge in [-0.25, -0.2) is 4.79 Å². The van der Waals surface area contributed by atoms with Gasteiger partial charge in [0.05, 0.1) is 12.2 Å². The van der Waals surface area contributed by atoms with E-state index in [0.717, 1.165) is 38.8 Å². The molecular weight excluding hydrogens is 380 g/mol. The summed E-state index contributed by atoms with van der Waals surface area (Å²) in [5.41, 5.74) is 1.13. The molecule has 1 fully saturated rings. The number of carbonyl (C=O) groups excluding carboxylic acids is 1. The van der Waals surface area contributed by atoms with Gasteiger partial charge in [-0.2, -0.15) is 5.26 Å². The lowest BCUT2D eigenvalue weighted by molar-refractivity contribution is 0.157. The van der Waals surface area contributed by atoms with Crippen molar-refractivity contribution in [3.63, 3.8) is 0 Å². The Bertz CT molecular complexity index is 863. The van der Waals surface area contributed by atoms with Crippen LogP contribution in [0.3, 0.4) is 0 Å². The first-order chi connectivity index (χ1) is 14.7. The summed E-state index contributed by atoms with van der Waals surface area (Å²) in [5.74, 6) is 1.09. The number of aliphatic hydroxyl groups excluding tert-OH is 1. The number of urea groups is 1. The van der Waals surface area contributed by atoms with Gasteiger partial charge in [0.2, 0.25) is 0 Å². The fourth-order valence-corrected chi connectivity index (χ4v) is 3.59. The molecule has 7 nitrogen and oxygen atoms in total. The lowest BCUT2D eigenvalue weighted by Crippen LogP contribution is -2.34. The first-order valence-electron chi connectivity index (χ1n) is 10.4. The van der Waals surface area contributed by atoms with Crippen LogP contribution in [0.5, 0.6) is 11.5 Å². The van der Waals surface area contributed by atoms with Crippen LogP contribution >= 0.6 is 0 Å². The second-order valence-electron chi connectivity index (χ2n) is 7.34. The number of aliphatic hydroxyl groups is 1. The van der Waals surface area contributed by atoms with E-state index in [1.807, 2.05) is 6.07 Å². The van der Waals surface area contributed by atoms with Crippen LogP contribution < -0.4 is 15.4 Å². The number of hydrogen-bond acceptors (Lipinski definition) is 5. The summed E-state index contributed by atoms with van der Waals surface area (Å²) in [6, 6.07) is 16.2. The first kappa shape index (κ1) is 21.6. The summed E-state index contributed by atoms with van der Waals surface area (Å²) in [6.45, 7) is 2.86. The fraction of sp³-hybridized carbons (Fsp3) is 0.391. The van der Waals surface area contributed by atoms with Gasteiger partial charge < -0.3 is 20.5 Å². The Morgan fingerprint density at radius 1 is 1.20 bits per heavy atom. The summed E-state index contributed by atoms with van der Waals surface area (Å²) in [5, 5.41) is 24.1. The fourth-order valence-electron chi connectivity index (χ4n) is 3.59. The highest BCUT2D eigenvalue weighted by Crippen LogP contribution is 2.25. The van der Waals surface area contributed by atoms with Gasteiger partial charge in [-0.3, -0.25) is 4.90 Å². The van der Waals surface area contributed by atoms with Crippen LogP contribution in [0.25, 0.3) is 0 Å². The molecule has 30 heavy (non-hydrogen) atoms. The maximum atomic E-state index is 12.1. The van der Waals surface area contributed by atoms with E-state index in [4.69, 9.17) is 10.00 Å². The number of nitrogens with zero attached hydrogens (tertiary/aromatic N) is 2. The monoisotopic (exact) mass is 408 g/mol. The SMILES string of the molecule is N#Cc1ccccc1Oc1ccc(NC(=O)NCCCCN2CCCC2CO)cc1. The third-order valence-electron chi connectivity index (χ3n) is 5.21. The molecule has 3 rings (SSSR count). The predicted molar refractivity (Wildman–Crippen MR) is 116 cm³/mol. The van der Waals surface area contributed by atoms with Crippen LogP contribution in [-0.2, 0) is 0 Å². The van der Waals surface area contributed by atoms with Gasteiger partial charge in [-0.1, -0.05) is 12.1 Å². The lowest BCUT2D eigenvalue weighted by Gasteiger charge is -2.22. The molecule has 0 radical (unpaired) electrons. The molecule has 1 unspecified atom stereocenters. The van der Waals surface area contributed by atoms with E-state index in [1.165, 1.54) is 0 Å². The molecule has 2 aromatic carbocycles. The minimum absolute atomic E-state index is 0.231. The Hall–Kier alpha value is -3.08. The van der Waals surface area contributed by atoms with Crippen LogP contribution in [-0.4, -0.2) is 48.3 Å². The molecule has 0 saturated carbocycles. The lowest BCUT2D eigenvalue weighted by atomic mass is 10.2. The zero-order valence-corrected chi connectivity index (χ0v) is 17.0. The van der Waals surface area contributed by atoms with Crippen molar-refractivity contribution in [2.45, 2.75) is 31.7 Å². The Morgan fingerprint density at radius 2 is 2.00 bits per heavy atom. The number of anilines is 1. The van der Waals surface area contributed by atoms with Crippen LogP contribution in [0.1, 0.15) is 31.2 Å². The van der Waals surface area contributed by atoms with Crippen molar-refractivity contribution in [1.82, 2.24) is 10.2 Å². The Kier molecular flexibility index (Phi) is 8.07. The minimum Gasteiger partial charge on any atom is -0.456 e. The number of hydrogen-bond donors (Lipinski definition) is 3. The van der Waals surface area contributed by atoms with Gasteiger partial charge in [0.15, 0.2) is 0 Å². The predicted octanol–water partition coefficient (Wildman–Crippen LogP) is 3.71. The number of carbonyl (C=O) groups is 1. The van der Waals surface area contributed by atoms with Crippen LogP contribution in [0.15, 0.2) is 48.5 Å². The standard InChI is InChI=1S/C23H28N4O3/c24-16-18-6-1-2-8-22(18)30-21-11-9-19(10-12-21)26-23(29)25-13-3-4-14-27-15-5-7-20(27)17-28/h1-2,6,8-12,20,28H,3-5,7,13-15,17H2,(H2,25,26,29). The Morgan fingerprint density at radius 3 is 2.77 bits per heavy atom. The number of nitriles is 1. The zero-order chi connectivity index (χ0) is 21.2. The first-order valence-corrected chi connectivity index (χ1v) is 10.4. The normalized spacial score (nSPS) is 16.1. The van der Waals surface area contributed by atoms with Crippen LogP contribution in [0.2, 0.25) is 0 Å². The number of para-hydroxylation sites is 1. The van der Waals surface area contributed by atoms with Gasteiger partial charge in [0, 0.05) is 18.3 Å². The van der Waals surface area contributed by atoms with E-state index in [0.29, 0.717) is 35.3 Å². The molecule has 0 bridgehead atoms. The van der Waals surface area contributed by atoms with Gasteiger partial charge in [0.1, 0.15) is 17.6 Å². The van der Waals surface area contributed by atoms with Crippen molar-refractivity contribution >= 4 is 11.7 Å². The highest BCUT2D eigenvalue weighted by Gasteiger charge is 2.22. The highest BCUT2D eigenvalue weighted by atomic mass is 16.5. The summed E-state index contributed by atoms with van der Waals surface area (Å²) >= 11 is 0. The van der Waals surface area contributed by atoms with E-state index in [9.17, 15) is 9.90 Å². The summed E-state index contributed by atoms with van der Waals surface area (Å²) < 4.78 is 5.74. The van der Waals surface area contributed by atoms with Gasteiger partial charge in [0.25, 0.3) is 0 Å². The maximum absolute atomic E-state index is 12.1. The molecule has 0 aromatic heterocycles. The van der Waals surface area contributed by atoms with E-state index in [2.05, 4.69) is 21.6 Å². The molecule has 2 amide bonds. The van der Waals surface area contributed by atoms with E-state index >= 15 is 0 Å². The van der Waals surface area contributed by atoms with Crippen molar-refractivity contribution in [2.75, 3.05) is 31.6 Å². The second kappa shape index (κ2) is 11.2. The largest absolute Gasteiger partial charge is 0.456 e. The summed E-state index contributed by atoms with van der Waals surface area (Å²) in [7, 11) is 0. The molecule has 3 N–H and O–H groups in total. The van der Waals surface area contributed by atoms with E-state index in [-0.39, 0.29) is 12.6 Å². The number of unbranched alkanes of at least 4 members (excludes halogenated alkanes) is 1. The molecule has 1 aliphatic heterocycles. The van der Waals surface area contributed by atoms with E-state index in [1.54, 1.807) is 42.5 Å². The molecule has 1 aliphatic rings. The smallest absolute Gasteiger partial charge is 0.319 e.